The Morgan fingerprint density at radius 3 is 2.83 bits per heavy atom. The number of carbonyl (C=O) groups is 1. The van der Waals surface area contributed by atoms with Crippen molar-refractivity contribution >= 4 is 17.3 Å². The van der Waals surface area contributed by atoms with Crippen LogP contribution in [0.15, 0.2) is 42.7 Å². The van der Waals surface area contributed by atoms with Crippen LogP contribution in [0, 0.1) is 0 Å². The predicted octanol–water partition coefficient (Wildman–Crippen LogP) is 2.51. The van der Waals surface area contributed by atoms with Gasteiger partial charge in [-0.05, 0) is 31.0 Å². The molecule has 1 fully saturated rings. The van der Waals surface area contributed by atoms with Crippen LogP contribution < -0.4 is 9.80 Å². The Hall–Kier alpha value is -2.40. The maximum absolute atomic E-state index is 13.1. The molecule has 1 atom stereocenters. The minimum Gasteiger partial charge on any atom is -0.378 e. The van der Waals surface area contributed by atoms with Gasteiger partial charge in [-0.2, -0.15) is 0 Å². The summed E-state index contributed by atoms with van der Waals surface area (Å²) in [4.78, 5) is 21.5. The van der Waals surface area contributed by atoms with Crippen molar-refractivity contribution in [1.82, 2.24) is 4.98 Å². The number of hydrogen-bond acceptors (Lipinski definition) is 4. The summed E-state index contributed by atoms with van der Waals surface area (Å²) < 4.78 is 5.40. The largest absolute Gasteiger partial charge is 0.378 e. The van der Waals surface area contributed by atoms with Crippen molar-refractivity contribution in [1.29, 1.82) is 0 Å². The lowest BCUT2D eigenvalue weighted by atomic mass is 10.1. The summed E-state index contributed by atoms with van der Waals surface area (Å²) >= 11 is 0. The van der Waals surface area contributed by atoms with Crippen LogP contribution in [0.25, 0.3) is 0 Å². The summed E-state index contributed by atoms with van der Waals surface area (Å²) in [5.74, 6) is 0.0232. The number of hydrogen-bond donors (Lipinski definition) is 0. The molecule has 4 rings (SSSR count). The third-order valence-electron chi connectivity index (χ3n) is 4.77. The van der Waals surface area contributed by atoms with E-state index in [0.29, 0.717) is 18.8 Å². The molecule has 3 heterocycles. The molecule has 5 heteroatoms. The molecule has 2 aliphatic rings. The van der Waals surface area contributed by atoms with Crippen molar-refractivity contribution in [2.24, 2.45) is 0 Å². The molecule has 1 aromatic carbocycles. The Morgan fingerprint density at radius 2 is 2.00 bits per heavy atom. The van der Waals surface area contributed by atoms with Gasteiger partial charge in [-0.3, -0.25) is 9.78 Å². The van der Waals surface area contributed by atoms with Gasteiger partial charge in [0, 0.05) is 31.0 Å². The number of rotatable bonds is 2. The van der Waals surface area contributed by atoms with Crippen molar-refractivity contribution in [3.8, 4) is 0 Å². The van der Waals surface area contributed by atoms with E-state index in [9.17, 15) is 4.79 Å². The van der Waals surface area contributed by atoms with E-state index >= 15 is 0 Å². The number of pyridine rings is 1. The van der Waals surface area contributed by atoms with Gasteiger partial charge in [0.1, 0.15) is 0 Å². The molecule has 5 nitrogen and oxygen atoms in total. The summed E-state index contributed by atoms with van der Waals surface area (Å²) in [5, 5.41) is 0. The van der Waals surface area contributed by atoms with Crippen LogP contribution in [0.2, 0.25) is 0 Å². The second kappa shape index (κ2) is 6.24. The summed E-state index contributed by atoms with van der Waals surface area (Å²) in [6.45, 7) is 5.20. The van der Waals surface area contributed by atoms with Gasteiger partial charge in [0.25, 0.3) is 5.91 Å². The van der Waals surface area contributed by atoms with E-state index in [1.165, 1.54) is 5.56 Å². The number of nitrogens with zero attached hydrogens (tertiary/aromatic N) is 3. The minimum atomic E-state index is 0.0232. The molecule has 1 aromatic heterocycles. The van der Waals surface area contributed by atoms with Gasteiger partial charge >= 0.3 is 0 Å². The average molecular weight is 323 g/mol. The fourth-order valence-corrected chi connectivity index (χ4v) is 3.55. The molecular formula is C19H21N3O2. The van der Waals surface area contributed by atoms with Gasteiger partial charge in [-0.15, -0.1) is 0 Å². The van der Waals surface area contributed by atoms with Crippen LogP contribution in [0.3, 0.4) is 0 Å². The topological polar surface area (TPSA) is 45.7 Å². The van der Waals surface area contributed by atoms with Crippen LogP contribution in [-0.2, 0) is 11.2 Å². The van der Waals surface area contributed by atoms with Crippen LogP contribution in [-0.4, -0.2) is 43.2 Å². The number of anilines is 2. The second-order valence-electron chi connectivity index (χ2n) is 6.39. The quantitative estimate of drug-likeness (QED) is 0.852. The van der Waals surface area contributed by atoms with Gasteiger partial charge < -0.3 is 14.5 Å². The van der Waals surface area contributed by atoms with E-state index in [4.69, 9.17) is 4.74 Å². The zero-order valence-corrected chi connectivity index (χ0v) is 13.8. The number of ether oxygens (including phenoxy) is 1. The molecular weight excluding hydrogens is 302 g/mol. The predicted molar refractivity (Wildman–Crippen MR) is 93.7 cm³/mol. The maximum atomic E-state index is 13.1. The van der Waals surface area contributed by atoms with Crippen LogP contribution >= 0.6 is 0 Å². The number of para-hydroxylation sites is 1. The smallest absolute Gasteiger partial charge is 0.260 e. The van der Waals surface area contributed by atoms with E-state index in [1.807, 2.05) is 35.4 Å². The van der Waals surface area contributed by atoms with Crippen molar-refractivity contribution in [2.45, 2.75) is 19.4 Å². The summed E-state index contributed by atoms with van der Waals surface area (Å²) in [6.07, 6.45) is 4.39. The Morgan fingerprint density at radius 1 is 1.21 bits per heavy atom. The van der Waals surface area contributed by atoms with E-state index in [2.05, 4.69) is 22.9 Å². The number of aromatic nitrogens is 1. The Bertz CT molecular complexity index is 756. The molecule has 1 saturated heterocycles. The maximum Gasteiger partial charge on any atom is 0.260 e. The fraction of sp³-hybridized carbons (Fsp3) is 0.368. The van der Waals surface area contributed by atoms with Crippen molar-refractivity contribution in [3.63, 3.8) is 0 Å². The molecule has 2 aliphatic heterocycles. The number of benzene rings is 1. The van der Waals surface area contributed by atoms with Gasteiger partial charge in [0.2, 0.25) is 0 Å². The summed E-state index contributed by atoms with van der Waals surface area (Å²) in [6, 6.07) is 10.3. The van der Waals surface area contributed by atoms with Crippen LogP contribution in [0.1, 0.15) is 22.8 Å². The first-order valence-corrected chi connectivity index (χ1v) is 8.43. The lowest BCUT2D eigenvalue weighted by Gasteiger charge is -2.29. The van der Waals surface area contributed by atoms with Crippen molar-refractivity contribution in [2.75, 3.05) is 36.1 Å². The highest BCUT2D eigenvalue weighted by atomic mass is 16.5. The van der Waals surface area contributed by atoms with Crippen molar-refractivity contribution < 1.29 is 9.53 Å². The first kappa shape index (κ1) is 15.1. The summed E-state index contributed by atoms with van der Waals surface area (Å²) in [7, 11) is 0. The number of morpholine rings is 1. The fourth-order valence-electron chi connectivity index (χ4n) is 3.55. The van der Waals surface area contributed by atoms with E-state index in [1.54, 1.807) is 6.20 Å². The van der Waals surface area contributed by atoms with E-state index < -0.39 is 0 Å². The normalized spacial score (nSPS) is 20.1. The van der Waals surface area contributed by atoms with E-state index in [0.717, 1.165) is 30.9 Å². The van der Waals surface area contributed by atoms with Crippen LogP contribution in [0.5, 0.6) is 0 Å². The Labute approximate surface area is 141 Å². The van der Waals surface area contributed by atoms with Crippen LogP contribution in [0.4, 0.5) is 11.4 Å². The Balaban J connectivity index is 1.63. The van der Waals surface area contributed by atoms with E-state index in [-0.39, 0.29) is 11.9 Å². The molecule has 0 bridgehead atoms. The molecule has 0 spiro atoms. The number of amides is 1. The van der Waals surface area contributed by atoms with Gasteiger partial charge in [0.05, 0.1) is 30.7 Å². The second-order valence-corrected chi connectivity index (χ2v) is 6.39. The van der Waals surface area contributed by atoms with Gasteiger partial charge in [-0.1, -0.05) is 18.2 Å². The standard InChI is InChI=1S/C19H21N3O2/c1-14-10-15-4-2-3-5-18(15)22(14)19(23)16-11-17(13-20-12-16)21-6-8-24-9-7-21/h2-5,11-14H,6-10H2,1H3. The molecule has 0 N–H and O–H groups in total. The summed E-state index contributed by atoms with van der Waals surface area (Å²) in [5.41, 5.74) is 3.88. The molecule has 124 valence electrons. The number of carbonyl (C=O) groups excluding carboxylic acids is 1. The number of fused-ring (bicyclic) bond motifs is 1. The molecule has 0 radical (unpaired) electrons. The molecule has 0 saturated carbocycles. The average Bonchev–Trinajstić information content (AvgIpc) is 2.97. The highest BCUT2D eigenvalue weighted by Crippen LogP contribution is 2.33. The lowest BCUT2D eigenvalue weighted by molar-refractivity contribution is 0.0981. The first-order chi connectivity index (χ1) is 11.7. The SMILES string of the molecule is CC1Cc2ccccc2N1C(=O)c1cncc(N2CCOCC2)c1. The highest BCUT2D eigenvalue weighted by Gasteiger charge is 2.31. The molecule has 2 aromatic rings. The first-order valence-electron chi connectivity index (χ1n) is 8.43. The minimum absolute atomic E-state index is 0.0232. The third kappa shape index (κ3) is 2.65. The third-order valence-corrected chi connectivity index (χ3v) is 4.77. The highest BCUT2D eigenvalue weighted by molar-refractivity contribution is 6.08. The molecule has 1 amide bonds. The molecule has 0 aliphatic carbocycles. The molecule has 1 unspecified atom stereocenters. The zero-order valence-electron chi connectivity index (χ0n) is 13.8. The van der Waals surface area contributed by atoms with Gasteiger partial charge in [0.15, 0.2) is 0 Å². The Kier molecular flexibility index (Phi) is 3.94. The zero-order chi connectivity index (χ0) is 16.5. The lowest BCUT2D eigenvalue weighted by Crippen LogP contribution is -2.37. The molecule has 24 heavy (non-hydrogen) atoms. The monoisotopic (exact) mass is 323 g/mol. The van der Waals surface area contributed by atoms with Gasteiger partial charge in [-0.25, -0.2) is 0 Å². The van der Waals surface area contributed by atoms with Crippen molar-refractivity contribution in [3.05, 3.63) is 53.9 Å².